The molecule has 0 aromatic heterocycles. The number of hydrogen-bond acceptors (Lipinski definition) is 4. The zero-order valence-corrected chi connectivity index (χ0v) is 78.4. The summed E-state index contributed by atoms with van der Waals surface area (Å²) in [5.41, 5.74) is 21.8. The molecule has 16 heteroatoms. The molecule has 0 aliphatic carbocycles. The summed E-state index contributed by atoms with van der Waals surface area (Å²) in [6.07, 6.45) is -2.12. The van der Waals surface area contributed by atoms with Gasteiger partial charge < -0.3 is 0 Å². The molecule has 0 fully saturated rings. The highest BCUT2D eigenvalue weighted by molar-refractivity contribution is 7.98. The summed E-state index contributed by atoms with van der Waals surface area (Å²) in [5, 5.41) is 23.2. The number of nitriles is 1. The lowest BCUT2D eigenvalue weighted by molar-refractivity contribution is -0.385. The van der Waals surface area contributed by atoms with Crippen molar-refractivity contribution in [1.29, 1.82) is 5.26 Å². The molecule has 14 rings (SSSR count). The third kappa shape index (κ3) is 51.1. The molecule has 0 atom stereocenters. The summed E-state index contributed by atoms with van der Waals surface area (Å²) < 4.78 is 48.2. The number of nitro benzene ring substituents is 1. The lowest BCUT2D eigenvalue weighted by Crippen LogP contribution is -2.04. The van der Waals surface area contributed by atoms with E-state index >= 15 is 0 Å². The van der Waals surface area contributed by atoms with Crippen molar-refractivity contribution in [3.8, 4) is 6.07 Å². The molecule has 122 heavy (non-hydrogen) atoms. The van der Waals surface area contributed by atoms with Crippen LogP contribution in [0.4, 0.5) is 28.9 Å². The van der Waals surface area contributed by atoms with Crippen LogP contribution in [-0.2, 0) is 6.18 Å². The van der Waals surface area contributed by atoms with E-state index < -0.39 is 11.7 Å². The molecule has 14 aromatic carbocycles. The van der Waals surface area contributed by atoms with Gasteiger partial charge in [0.15, 0.2) is 5.69 Å². The molecule has 0 N–H and O–H groups in total. The smallest absolute Gasteiger partial charge is 0.258 e. The van der Waals surface area contributed by atoms with Gasteiger partial charge in [-0.25, -0.2) is 9.24 Å². The van der Waals surface area contributed by atoms with Gasteiger partial charge >= 0.3 is 6.18 Å². The Labute approximate surface area is 759 Å². The third-order valence-electron chi connectivity index (χ3n) is 17.0. The number of rotatable bonds is 2. The molecule has 0 amide bonds. The summed E-state index contributed by atoms with van der Waals surface area (Å²) >= 11 is 35.9. The molecule has 0 saturated carbocycles. The van der Waals surface area contributed by atoms with Crippen LogP contribution in [0.2, 0.25) is 30.1 Å². The second kappa shape index (κ2) is 62.4. The van der Waals surface area contributed by atoms with Crippen molar-refractivity contribution in [3.05, 3.63) is 496 Å². The van der Waals surface area contributed by atoms with Crippen LogP contribution < -0.4 is 0 Å². The van der Waals surface area contributed by atoms with Gasteiger partial charge in [-0.05, 0) is 242 Å². The quantitative estimate of drug-likeness (QED) is 0.0568. The zero-order valence-electron chi connectivity index (χ0n) is 73.0. The van der Waals surface area contributed by atoms with Crippen LogP contribution >= 0.6 is 81.4 Å². The zero-order chi connectivity index (χ0) is 91.7. The van der Waals surface area contributed by atoms with E-state index in [1.165, 1.54) is 84.3 Å². The van der Waals surface area contributed by atoms with E-state index in [2.05, 4.69) is 201 Å². The lowest BCUT2D eigenvalue weighted by Gasteiger charge is -2.05. The van der Waals surface area contributed by atoms with Gasteiger partial charge in [-0.15, -0.1) is 11.8 Å². The fourth-order valence-corrected chi connectivity index (χ4v) is 10.7. The van der Waals surface area contributed by atoms with Crippen LogP contribution in [0.5, 0.6) is 0 Å². The molecule has 0 heterocycles. The van der Waals surface area contributed by atoms with Crippen molar-refractivity contribution >= 4 is 92.7 Å². The van der Waals surface area contributed by atoms with Gasteiger partial charge in [-0.3, -0.25) is 10.1 Å². The Morgan fingerprint density at radius 2 is 0.680 bits per heavy atom. The molecular weight excluding hydrogens is 1670 g/mol. The van der Waals surface area contributed by atoms with Gasteiger partial charge in [0.05, 0.1) is 28.7 Å². The predicted octanol–water partition coefficient (Wildman–Crippen LogP) is 35.3. The predicted molar refractivity (Wildman–Crippen MR) is 520 cm³/mol. The van der Waals surface area contributed by atoms with Crippen molar-refractivity contribution in [3.63, 3.8) is 0 Å². The van der Waals surface area contributed by atoms with E-state index in [1.54, 1.807) is 75.0 Å². The summed E-state index contributed by atoms with van der Waals surface area (Å²) in [6.45, 7) is 42.5. The molecule has 14 aromatic rings. The Kier molecular flexibility index (Phi) is 55.9. The van der Waals surface area contributed by atoms with Crippen LogP contribution in [0.25, 0.3) is 4.85 Å². The number of nitro groups is 1. The third-order valence-corrected chi connectivity index (χ3v) is 20.0. The normalized spacial score (nSPS) is 9.43. The fourth-order valence-electron chi connectivity index (χ4n) is 9.05. The number of benzene rings is 14. The Morgan fingerprint density at radius 3 is 0.951 bits per heavy atom. The first-order chi connectivity index (χ1) is 57.7. The minimum atomic E-state index is -4.22. The number of hydrogen-bond donors (Lipinski definition) is 0. The maximum Gasteiger partial charge on any atom is 0.416 e. The van der Waals surface area contributed by atoms with E-state index in [4.69, 9.17) is 81.4 Å². The van der Waals surface area contributed by atoms with Gasteiger partial charge in [0.25, 0.3) is 5.69 Å². The second-order valence-electron chi connectivity index (χ2n) is 27.8. The van der Waals surface area contributed by atoms with Gasteiger partial charge in [0, 0.05) is 46.7 Å². The summed E-state index contributed by atoms with van der Waals surface area (Å²) in [4.78, 5) is 14.5. The molecule has 0 aliphatic rings. The van der Waals surface area contributed by atoms with Crippen molar-refractivity contribution < 1.29 is 22.5 Å². The van der Waals surface area contributed by atoms with Crippen LogP contribution in [0.15, 0.2) is 332 Å². The monoisotopic (exact) mass is 1780 g/mol. The molecular formula is C106H111Cl6F4N3O2S. The molecule has 0 aliphatic heterocycles. The average molecular weight is 1780 g/mol. The van der Waals surface area contributed by atoms with E-state index in [1.807, 2.05) is 175 Å². The molecule has 0 radical (unpaired) electrons. The number of thioether (sulfide) groups is 1. The summed E-state index contributed by atoms with van der Waals surface area (Å²) in [6, 6.07) is 104. The van der Waals surface area contributed by atoms with Crippen molar-refractivity contribution in [2.24, 2.45) is 0 Å². The van der Waals surface area contributed by atoms with Gasteiger partial charge in [-0.2, -0.15) is 18.4 Å². The van der Waals surface area contributed by atoms with E-state index in [9.17, 15) is 27.7 Å². The Balaban J connectivity index is 0.000000657. The molecule has 0 bridgehead atoms. The van der Waals surface area contributed by atoms with Crippen LogP contribution in [0.1, 0.15) is 111 Å². The largest absolute Gasteiger partial charge is 0.416 e. The van der Waals surface area contributed by atoms with Crippen molar-refractivity contribution in [1.82, 2.24) is 0 Å². The highest BCUT2D eigenvalue weighted by Crippen LogP contribution is 2.30. The van der Waals surface area contributed by atoms with Gasteiger partial charge in [-0.1, -0.05) is 374 Å². The maximum atomic E-state index is 12.3. The Morgan fingerprint density at radius 1 is 0.344 bits per heavy atom. The first kappa shape index (κ1) is 109. The number of nitrogens with zero attached hydrogens (tertiary/aromatic N) is 3. The SMILES string of the molecule is CSc1ccccc1C.Cc1c(Cl)cccc1Cl.Cc1ccc(C)cc1.Cc1ccc(C)cc1.Cc1ccc(C)cc1.Cc1ccc(Cl)cc1.Cc1ccc(Cl)cc1Cl.Cc1cccc(C(F)(F)F)c1.Cc1ccccc1C.Cc1ccccc1C#N.Cc1ccccc1Cl.Cc1ccccc1F.Cc1ccccc1[N+](=O)[O-].[C-]#[N+]c1ccc(C)cc1. The summed E-state index contributed by atoms with van der Waals surface area (Å²) in [7, 11) is 0. The highest BCUT2D eigenvalue weighted by Gasteiger charge is 2.30. The molecule has 638 valence electrons. The minimum absolute atomic E-state index is 0.132. The van der Waals surface area contributed by atoms with Gasteiger partial charge in [0.1, 0.15) is 5.82 Å². The summed E-state index contributed by atoms with van der Waals surface area (Å²) in [5.74, 6) is -0.132. The lowest BCUT2D eigenvalue weighted by atomic mass is 10.1. The number of para-hydroxylation sites is 1. The van der Waals surface area contributed by atoms with Crippen molar-refractivity contribution in [2.75, 3.05) is 6.26 Å². The molecule has 0 spiro atoms. The molecule has 0 unspecified atom stereocenters. The van der Waals surface area contributed by atoms with E-state index in [0.29, 0.717) is 27.4 Å². The average Bonchev–Trinajstić information content (AvgIpc) is 0.863. The molecule has 0 saturated heterocycles. The van der Waals surface area contributed by atoms with Gasteiger partial charge in [0.2, 0.25) is 0 Å². The standard InChI is InChI=1S/C8H7F3.2C8H7N.C8H10S.4C8H10.2C7H6Cl2.2C7H7Cl.C7H7F.C7H7NO2/c1-6-3-2-4-7(5-6)8(9,10)11;1-7-3-5-8(9-2)6-4-7;1-7-4-2-3-5-8(7)6-9;1-7-5-3-4-6-8(7)9-2;3*1-7-3-5-8(2)6-4-7;1-7-5-3-4-6-8(7)2;1-5-2-3-6(8)4-7(5)9;1-5-6(8)3-2-4-7(5)9;1-6-2-4-7(8)5-3-6;2*1-6-4-2-3-5-7(6)8;1-6-4-2-3-5-7(6)8(9)10/h2-5H,1H3;3-6H,1H3;2-5H,1H3;3-6H,1-2H3;4*3-6H,1-2H3;2*2-4H,1H3;3*2-5H,1H3;2-5H,1H3. The Hall–Kier alpha value is -10.7. The maximum absolute atomic E-state index is 12.3. The highest BCUT2D eigenvalue weighted by atomic mass is 35.5. The fraction of sp³-hybridized carbons (Fsp3) is 0.189. The first-order valence-corrected chi connectivity index (χ1v) is 42.1. The van der Waals surface area contributed by atoms with Crippen LogP contribution in [0.3, 0.4) is 0 Å². The number of alkyl halides is 3. The number of halogens is 10. The van der Waals surface area contributed by atoms with Crippen LogP contribution in [-0.4, -0.2) is 11.2 Å². The van der Waals surface area contributed by atoms with E-state index in [-0.39, 0.29) is 16.4 Å². The minimum Gasteiger partial charge on any atom is -0.258 e. The first-order valence-electron chi connectivity index (χ1n) is 38.6. The number of aryl methyl sites for hydroxylation is 17. The van der Waals surface area contributed by atoms with Crippen molar-refractivity contribution in [2.45, 2.75) is 136 Å². The molecule has 5 nitrogen and oxygen atoms in total. The second-order valence-corrected chi connectivity index (χ2v) is 31.2. The van der Waals surface area contributed by atoms with Crippen LogP contribution in [0, 0.1) is 158 Å². The van der Waals surface area contributed by atoms with E-state index in [0.717, 1.165) is 65.1 Å². The Bertz CT molecular complexity index is 4930. The topological polar surface area (TPSA) is 71.3 Å².